The maximum Gasteiger partial charge on any atom is 0.305 e. The number of rotatable bonds is 4. The van der Waals surface area contributed by atoms with Crippen molar-refractivity contribution in [1.82, 2.24) is 30.4 Å². The third-order valence-electron chi connectivity index (χ3n) is 2.29. The fourth-order valence-electron chi connectivity index (χ4n) is 1.47. The third kappa shape index (κ3) is 2.39. The van der Waals surface area contributed by atoms with Crippen molar-refractivity contribution in [2.24, 2.45) is 0 Å². The second-order valence-electron chi connectivity index (χ2n) is 3.70. The van der Waals surface area contributed by atoms with Crippen molar-refractivity contribution in [2.75, 3.05) is 0 Å². The SMILES string of the molecule is CC(CC(=O)O)n1nnnc1-c1ccc(=O)[nH]n1. The predicted molar refractivity (Wildman–Crippen MR) is 58.6 cm³/mol. The highest BCUT2D eigenvalue weighted by Gasteiger charge is 2.17. The first-order valence-electron chi connectivity index (χ1n) is 5.13. The number of hydrogen-bond donors (Lipinski definition) is 2. The molecule has 0 amide bonds. The summed E-state index contributed by atoms with van der Waals surface area (Å²) in [6.07, 6.45) is -0.110. The van der Waals surface area contributed by atoms with Crippen LogP contribution in [0.4, 0.5) is 0 Å². The van der Waals surface area contributed by atoms with Crippen LogP contribution < -0.4 is 5.56 Å². The fourth-order valence-corrected chi connectivity index (χ4v) is 1.47. The van der Waals surface area contributed by atoms with Crippen LogP contribution >= 0.6 is 0 Å². The zero-order chi connectivity index (χ0) is 13.1. The lowest BCUT2D eigenvalue weighted by Gasteiger charge is -2.09. The number of hydrogen-bond acceptors (Lipinski definition) is 6. The quantitative estimate of drug-likeness (QED) is 0.745. The van der Waals surface area contributed by atoms with Crippen molar-refractivity contribution in [3.63, 3.8) is 0 Å². The van der Waals surface area contributed by atoms with Crippen LogP contribution in [-0.2, 0) is 4.79 Å². The number of tetrazole rings is 1. The smallest absolute Gasteiger partial charge is 0.305 e. The molecule has 1 unspecified atom stereocenters. The molecule has 1 atom stereocenters. The van der Waals surface area contributed by atoms with E-state index in [0.29, 0.717) is 11.5 Å². The molecule has 0 radical (unpaired) electrons. The van der Waals surface area contributed by atoms with E-state index in [-0.39, 0.29) is 12.0 Å². The van der Waals surface area contributed by atoms with Gasteiger partial charge in [-0.2, -0.15) is 5.10 Å². The molecule has 0 spiro atoms. The van der Waals surface area contributed by atoms with E-state index >= 15 is 0 Å². The molecule has 0 aromatic carbocycles. The standard InChI is InChI=1S/C9H10N6O3/c1-5(4-8(17)18)15-9(12-13-14-15)6-2-3-7(16)11-10-6/h2-3,5H,4H2,1H3,(H,11,16)(H,17,18). The summed E-state index contributed by atoms with van der Waals surface area (Å²) in [5, 5.41) is 25.8. The van der Waals surface area contributed by atoms with Gasteiger partial charge in [0.2, 0.25) is 5.82 Å². The van der Waals surface area contributed by atoms with Crippen LogP contribution in [0, 0.1) is 0 Å². The fraction of sp³-hybridized carbons (Fsp3) is 0.333. The molecule has 0 saturated heterocycles. The third-order valence-corrected chi connectivity index (χ3v) is 2.29. The van der Waals surface area contributed by atoms with Crippen LogP contribution in [0.3, 0.4) is 0 Å². The molecule has 9 heteroatoms. The highest BCUT2D eigenvalue weighted by atomic mass is 16.4. The van der Waals surface area contributed by atoms with Gasteiger partial charge in [-0.15, -0.1) is 5.10 Å². The molecular formula is C9H10N6O3. The number of carbonyl (C=O) groups is 1. The summed E-state index contributed by atoms with van der Waals surface area (Å²) in [7, 11) is 0. The average Bonchev–Trinajstić information content (AvgIpc) is 2.78. The molecule has 0 aliphatic carbocycles. The summed E-state index contributed by atoms with van der Waals surface area (Å²) < 4.78 is 1.36. The number of aliphatic carboxylic acids is 1. The van der Waals surface area contributed by atoms with Crippen molar-refractivity contribution in [3.05, 3.63) is 22.5 Å². The summed E-state index contributed by atoms with van der Waals surface area (Å²) in [6.45, 7) is 1.68. The molecule has 2 N–H and O–H groups in total. The van der Waals surface area contributed by atoms with E-state index in [0.717, 1.165) is 0 Å². The van der Waals surface area contributed by atoms with Crippen LogP contribution in [0.15, 0.2) is 16.9 Å². The maximum atomic E-state index is 10.9. The number of H-pyrrole nitrogens is 1. The molecule has 2 aromatic heterocycles. The Labute approximate surface area is 100 Å². The van der Waals surface area contributed by atoms with Gasteiger partial charge in [0.15, 0.2) is 0 Å². The number of aromatic nitrogens is 6. The van der Waals surface area contributed by atoms with E-state index in [4.69, 9.17) is 5.11 Å². The molecule has 2 aromatic rings. The first-order chi connectivity index (χ1) is 8.58. The molecule has 0 fully saturated rings. The molecule has 0 aliphatic rings. The van der Waals surface area contributed by atoms with Gasteiger partial charge < -0.3 is 5.11 Å². The molecule has 0 saturated carbocycles. The summed E-state index contributed by atoms with van der Waals surface area (Å²) in [6, 6.07) is 2.35. The summed E-state index contributed by atoms with van der Waals surface area (Å²) in [5.41, 5.74) is 0.0354. The van der Waals surface area contributed by atoms with Crippen molar-refractivity contribution < 1.29 is 9.90 Å². The predicted octanol–water partition coefficient (Wildman–Crippen LogP) is -0.541. The normalized spacial score (nSPS) is 12.3. The Morgan fingerprint density at radius 1 is 1.56 bits per heavy atom. The molecular weight excluding hydrogens is 240 g/mol. The molecule has 2 rings (SSSR count). The van der Waals surface area contributed by atoms with Gasteiger partial charge in [-0.3, -0.25) is 9.59 Å². The van der Waals surface area contributed by atoms with Crippen LogP contribution in [-0.4, -0.2) is 41.5 Å². The molecule has 0 aliphatic heterocycles. The molecule has 2 heterocycles. The second-order valence-corrected chi connectivity index (χ2v) is 3.70. The number of aromatic amines is 1. The van der Waals surface area contributed by atoms with Crippen LogP contribution in [0.1, 0.15) is 19.4 Å². The van der Waals surface area contributed by atoms with E-state index in [2.05, 4.69) is 25.7 Å². The maximum absolute atomic E-state index is 10.9. The largest absolute Gasteiger partial charge is 0.481 e. The monoisotopic (exact) mass is 250 g/mol. The highest BCUT2D eigenvalue weighted by molar-refractivity contribution is 5.67. The first-order valence-corrected chi connectivity index (χ1v) is 5.13. The Hall–Kier alpha value is -2.58. The van der Waals surface area contributed by atoms with Gasteiger partial charge in [0.1, 0.15) is 5.69 Å². The van der Waals surface area contributed by atoms with Crippen molar-refractivity contribution in [1.29, 1.82) is 0 Å². The Bertz CT molecular complexity index is 598. The lowest BCUT2D eigenvalue weighted by Crippen LogP contribution is -2.14. The number of nitrogens with one attached hydrogen (secondary N) is 1. The van der Waals surface area contributed by atoms with Gasteiger partial charge in [0.25, 0.3) is 5.56 Å². The number of carboxylic acid groups (broad SMARTS) is 1. The zero-order valence-corrected chi connectivity index (χ0v) is 9.44. The topological polar surface area (TPSA) is 127 Å². The lowest BCUT2D eigenvalue weighted by molar-refractivity contribution is -0.137. The lowest BCUT2D eigenvalue weighted by atomic mass is 10.2. The van der Waals surface area contributed by atoms with Gasteiger partial charge in [0.05, 0.1) is 12.5 Å². The molecule has 18 heavy (non-hydrogen) atoms. The Morgan fingerprint density at radius 3 is 2.94 bits per heavy atom. The van der Waals surface area contributed by atoms with Gasteiger partial charge in [-0.25, -0.2) is 9.78 Å². The van der Waals surface area contributed by atoms with Crippen LogP contribution in [0.25, 0.3) is 11.5 Å². The van der Waals surface area contributed by atoms with E-state index in [9.17, 15) is 9.59 Å². The van der Waals surface area contributed by atoms with E-state index < -0.39 is 12.0 Å². The van der Waals surface area contributed by atoms with Gasteiger partial charge in [-0.1, -0.05) is 0 Å². The van der Waals surface area contributed by atoms with Crippen molar-refractivity contribution >= 4 is 5.97 Å². The minimum atomic E-state index is -0.946. The van der Waals surface area contributed by atoms with Crippen LogP contribution in [0.5, 0.6) is 0 Å². The minimum Gasteiger partial charge on any atom is -0.481 e. The second kappa shape index (κ2) is 4.73. The first kappa shape index (κ1) is 11.9. The summed E-state index contributed by atoms with van der Waals surface area (Å²) in [5.74, 6) is -0.640. The Balaban J connectivity index is 2.35. The number of carboxylic acids is 1. The average molecular weight is 250 g/mol. The van der Waals surface area contributed by atoms with Crippen LogP contribution in [0.2, 0.25) is 0 Å². The molecule has 94 valence electrons. The Morgan fingerprint density at radius 2 is 2.33 bits per heavy atom. The highest BCUT2D eigenvalue weighted by Crippen LogP contribution is 2.17. The van der Waals surface area contributed by atoms with Gasteiger partial charge in [0, 0.05) is 6.07 Å². The van der Waals surface area contributed by atoms with Crippen molar-refractivity contribution in [3.8, 4) is 11.5 Å². The molecule has 9 nitrogen and oxygen atoms in total. The van der Waals surface area contributed by atoms with E-state index in [1.807, 2.05) is 0 Å². The Kier molecular flexibility index (Phi) is 3.13. The minimum absolute atomic E-state index is 0.110. The van der Waals surface area contributed by atoms with Gasteiger partial charge >= 0.3 is 5.97 Å². The van der Waals surface area contributed by atoms with Gasteiger partial charge in [-0.05, 0) is 23.4 Å². The van der Waals surface area contributed by atoms with Crippen molar-refractivity contribution in [2.45, 2.75) is 19.4 Å². The zero-order valence-electron chi connectivity index (χ0n) is 9.44. The van der Waals surface area contributed by atoms with E-state index in [1.165, 1.54) is 16.8 Å². The number of nitrogens with zero attached hydrogens (tertiary/aromatic N) is 5. The summed E-state index contributed by atoms with van der Waals surface area (Å²) >= 11 is 0. The van der Waals surface area contributed by atoms with E-state index in [1.54, 1.807) is 6.92 Å². The molecule has 0 bridgehead atoms. The summed E-state index contributed by atoms with van der Waals surface area (Å²) in [4.78, 5) is 21.6.